The van der Waals surface area contributed by atoms with Crippen LogP contribution in [0.5, 0.6) is 0 Å². The van der Waals surface area contributed by atoms with Gasteiger partial charge < -0.3 is 11.1 Å². The lowest BCUT2D eigenvalue weighted by atomic mass is 10.2. The van der Waals surface area contributed by atoms with Gasteiger partial charge in [0, 0.05) is 12.2 Å². The van der Waals surface area contributed by atoms with Crippen LogP contribution in [0.15, 0.2) is 0 Å². The van der Waals surface area contributed by atoms with Crippen LogP contribution in [-0.2, 0) is 0 Å². The van der Waals surface area contributed by atoms with Gasteiger partial charge in [-0.05, 0) is 31.8 Å². The Balaban J connectivity index is 2.18. The summed E-state index contributed by atoms with van der Waals surface area (Å²) < 4.78 is 0. The highest BCUT2D eigenvalue weighted by atomic mass is 32.2. The van der Waals surface area contributed by atoms with Crippen molar-refractivity contribution in [2.75, 3.05) is 24.3 Å². The Bertz CT molecular complexity index is 359. The molecule has 0 unspecified atom stereocenters. The predicted molar refractivity (Wildman–Crippen MR) is 76.9 cm³/mol. The van der Waals surface area contributed by atoms with Crippen molar-refractivity contribution in [3.63, 3.8) is 0 Å². The molecular formula is C12H22N4OS. The van der Waals surface area contributed by atoms with Crippen LogP contribution in [0.1, 0.15) is 41.7 Å². The van der Waals surface area contributed by atoms with E-state index in [4.69, 9.17) is 5.73 Å². The highest BCUT2D eigenvalue weighted by molar-refractivity contribution is 7.98. The molecule has 0 aromatic carbocycles. The van der Waals surface area contributed by atoms with Gasteiger partial charge in [0.15, 0.2) is 5.82 Å². The average Bonchev–Trinajstić information content (AvgIpc) is 2.68. The molecule has 18 heavy (non-hydrogen) atoms. The third-order valence-electron chi connectivity index (χ3n) is 2.76. The number of nitrogens with one attached hydrogen (secondary N) is 2. The molecule has 0 atom stereocenters. The van der Waals surface area contributed by atoms with E-state index in [9.17, 15) is 4.79 Å². The Morgan fingerprint density at radius 1 is 1.39 bits per heavy atom. The molecule has 1 aromatic rings. The van der Waals surface area contributed by atoms with Crippen molar-refractivity contribution in [2.24, 2.45) is 0 Å². The zero-order chi connectivity index (χ0) is 13.4. The first-order valence-electron chi connectivity index (χ1n) is 6.24. The van der Waals surface area contributed by atoms with Crippen molar-refractivity contribution in [1.82, 2.24) is 15.5 Å². The second-order valence-corrected chi connectivity index (χ2v) is 5.26. The number of carbonyl (C=O) groups is 1. The van der Waals surface area contributed by atoms with E-state index in [0.29, 0.717) is 17.8 Å². The molecule has 102 valence electrons. The fourth-order valence-electron chi connectivity index (χ4n) is 1.75. The standard InChI is InChI=1S/C12H22N4OS/c1-9-10(11(13)16-15-9)12(17)14-7-5-3-4-6-8-18-2/h3-8H2,1-2H3,(H,14,17)(H3,13,15,16). The monoisotopic (exact) mass is 270 g/mol. The van der Waals surface area contributed by atoms with Crippen molar-refractivity contribution in [3.05, 3.63) is 11.3 Å². The fraction of sp³-hybridized carbons (Fsp3) is 0.667. The number of nitrogens with two attached hydrogens (primary N) is 1. The maximum atomic E-state index is 11.8. The van der Waals surface area contributed by atoms with Gasteiger partial charge in [0.2, 0.25) is 0 Å². The van der Waals surface area contributed by atoms with Crippen molar-refractivity contribution in [1.29, 1.82) is 0 Å². The number of aryl methyl sites for hydroxylation is 1. The number of unbranched alkanes of at least 4 members (excludes halogenated alkanes) is 3. The fourth-order valence-corrected chi connectivity index (χ4v) is 2.24. The summed E-state index contributed by atoms with van der Waals surface area (Å²) in [7, 11) is 0. The average molecular weight is 270 g/mol. The first-order chi connectivity index (χ1) is 8.66. The Hall–Kier alpha value is -1.17. The zero-order valence-electron chi connectivity index (χ0n) is 11.1. The number of anilines is 1. The van der Waals surface area contributed by atoms with E-state index >= 15 is 0 Å². The zero-order valence-corrected chi connectivity index (χ0v) is 11.9. The number of carbonyl (C=O) groups excluding carboxylic acids is 1. The van der Waals surface area contributed by atoms with Gasteiger partial charge in [0.1, 0.15) is 5.56 Å². The number of thioether (sulfide) groups is 1. The molecule has 0 saturated heterocycles. The van der Waals surface area contributed by atoms with Crippen LogP contribution in [0, 0.1) is 6.92 Å². The summed E-state index contributed by atoms with van der Waals surface area (Å²) in [6.07, 6.45) is 6.77. The minimum atomic E-state index is -0.136. The predicted octanol–water partition coefficient (Wildman–Crippen LogP) is 1.95. The van der Waals surface area contributed by atoms with Gasteiger partial charge >= 0.3 is 0 Å². The second kappa shape index (κ2) is 8.02. The van der Waals surface area contributed by atoms with Gasteiger partial charge in [-0.2, -0.15) is 16.9 Å². The lowest BCUT2D eigenvalue weighted by Crippen LogP contribution is -2.25. The van der Waals surface area contributed by atoms with Crippen LogP contribution < -0.4 is 11.1 Å². The number of H-pyrrole nitrogens is 1. The smallest absolute Gasteiger partial charge is 0.256 e. The van der Waals surface area contributed by atoms with Crippen molar-refractivity contribution in [3.8, 4) is 0 Å². The van der Waals surface area contributed by atoms with E-state index in [1.807, 2.05) is 11.8 Å². The van der Waals surface area contributed by atoms with E-state index in [0.717, 1.165) is 12.8 Å². The quantitative estimate of drug-likeness (QED) is 0.630. The van der Waals surface area contributed by atoms with Crippen LogP contribution in [-0.4, -0.2) is 34.7 Å². The molecule has 0 fully saturated rings. The number of hydrogen-bond acceptors (Lipinski definition) is 4. The first-order valence-corrected chi connectivity index (χ1v) is 7.63. The first kappa shape index (κ1) is 14.9. The van der Waals surface area contributed by atoms with E-state index in [1.54, 1.807) is 6.92 Å². The SMILES string of the molecule is CSCCCCCCNC(=O)c1c(N)n[nH]c1C. The van der Waals surface area contributed by atoms with Crippen molar-refractivity contribution >= 4 is 23.5 Å². The molecule has 6 heteroatoms. The molecular weight excluding hydrogens is 248 g/mol. The third-order valence-corrected chi connectivity index (χ3v) is 3.46. The van der Waals surface area contributed by atoms with Crippen LogP contribution in [0.4, 0.5) is 5.82 Å². The largest absolute Gasteiger partial charge is 0.382 e. The number of aromatic amines is 1. The maximum absolute atomic E-state index is 11.8. The van der Waals surface area contributed by atoms with Crippen LogP contribution >= 0.6 is 11.8 Å². The summed E-state index contributed by atoms with van der Waals surface area (Å²) in [4.78, 5) is 11.8. The summed E-state index contributed by atoms with van der Waals surface area (Å²) in [6.45, 7) is 2.49. The Kier molecular flexibility index (Phi) is 6.64. The third kappa shape index (κ3) is 4.60. The Labute approximate surface area is 112 Å². The topological polar surface area (TPSA) is 83.8 Å². The highest BCUT2D eigenvalue weighted by Gasteiger charge is 2.14. The molecule has 5 nitrogen and oxygen atoms in total. The lowest BCUT2D eigenvalue weighted by Gasteiger charge is -2.05. The van der Waals surface area contributed by atoms with Crippen LogP contribution in [0.2, 0.25) is 0 Å². The highest BCUT2D eigenvalue weighted by Crippen LogP contribution is 2.11. The molecule has 1 amide bonds. The van der Waals surface area contributed by atoms with E-state index in [2.05, 4.69) is 21.8 Å². The number of nitrogens with zero attached hydrogens (tertiary/aromatic N) is 1. The van der Waals surface area contributed by atoms with Crippen molar-refractivity contribution < 1.29 is 4.79 Å². The summed E-state index contributed by atoms with van der Waals surface area (Å²) in [5.41, 5.74) is 6.80. The van der Waals surface area contributed by atoms with E-state index < -0.39 is 0 Å². The van der Waals surface area contributed by atoms with E-state index in [1.165, 1.54) is 18.6 Å². The number of hydrogen-bond donors (Lipinski definition) is 3. The summed E-state index contributed by atoms with van der Waals surface area (Å²) in [5, 5.41) is 9.38. The summed E-state index contributed by atoms with van der Waals surface area (Å²) >= 11 is 1.88. The lowest BCUT2D eigenvalue weighted by molar-refractivity contribution is 0.0953. The Morgan fingerprint density at radius 2 is 2.11 bits per heavy atom. The second-order valence-electron chi connectivity index (χ2n) is 4.27. The minimum Gasteiger partial charge on any atom is -0.382 e. The normalized spacial score (nSPS) is 10.6. The molecule has 4 N–H and O–H groups in total. The molecule has 1 rings (SSSR count). The number of aromatic nitrogens is 2. The molecule has 0 spiro atoms. The van der Waals surface area contributed by atoms with Gasteiger partial charge in [0.25, 0.3) is 5.91 Å². The molecule has 0 radical (unpaired) electrons. The Morgan fingerprint density at radius 3 is 2.72 bits per heavy atom. The summed E-state index contributed by atoms with van der Waals surface area (Å²) in [5.74, 6) is 1.35. The van der Waals surface area contributed by atoms with Crippen molar-refractivity contribution in [2.45, 2.75) is 32.6 Å². The summed E-state index contributed by atoms with van der Waals surface area (Å²) in [6, 6.07) is 0. The van der Waals surface area contributed by atoms with Gasteiger partial charge in [-0.15, -0.1) is 0 Å². The number of rotatable bonds is 8. The molecule has 0 bridgehead atoms. The molecule has 0 saturated carbocycles. The van der Waals surface area contributed by atoms with Crippen LogP contribution in [0.3, 0.4) is 0 Å². The number of nitrogen functional groups attached to an aromatic ring is 1. The minimum absolute atomic E-state index is 0.136. The van der Waals surface area contributed by atoms with E-state index in [-0.39, 0.29) is 11.7 Å². The van der Waals surface area contributed by atoms with Gasteiger partial charge in [-0.1, -0.05) is 12.8 Å². The molecule has 0 aliphatic heterocycles. The maximum Gasteiger partial charge on any atom is 0.256 e. The number of amides is 1. The molecule has 1 aromatic heterocycles. The molecule has 0 aliphatic carbocycles. The molecule has 1 heterocycles. The van der Waals surface area contributed by atoms with Crippen LogP contribution in [0.25, 0.3) is 0 Å². The molecule has 0 aliphatic rings. The van der Waals surface area contributed by atoms with Gasteiger partial charge in [-0.25, -0.2) is 0 Å². The van der Waals surface area contributed by atoms with Gasteiger partial charge in [0.05, 0.1) is 0 Å². The van der Waals surface area contributed by atoms with Gasteiger partial charge in [-0.3, -0.25) is 9.89 Å².